The highest BCUT2D eigenvalue weighted by atomic mass is 16.5. The van der Waals surface area contributed by atoms with Crippen LogP contribution in [0, 0.1) is 11.8 Å². The Balaban J connectivity index is 1.73. The van der Waals surface area contributed by atoms with Crippen molar-refractivity contribution < 1.29 is 19.1 Å². The van der Waals surface area contributed by atoms with E-state index in [1.54, 1.807) is 19.1 Å². The third kappa shape index (κ3) is 5.31. The van der Waals surface area contributed by atoms with E-state index in [0.717, 1.165) is 29.8 Å². The van der Waals surface area contributed by atoms with Gasteiger partial charge in [0, 0.05) is 11.8 Å². The molecule has 1 aliphatic rings. The smallest absolute Gasteiger partial charge is 0.203 e. The summed E-state index contributed by atoms with van der Waals surface area (Å²) in [5.74, 6) is 3.90. The second kappa shape index (κ2) is 9.02. The largest absolute Gasteiger partial charge is 0.493 e. The van der Waals surface area contributed by atoms with Crippen molar-refractivity contribution in [1.82, 2.24) is 0 Å². The number of rotatable bonds is 8. The number of benzene rings is 1. The summed E-state index contributed by atoms with van der Waals surface area (Å²) in [6, 6.07) is 5.71. The number of hydrogen-bond donors (Lipinski definition) is 1. The van der Waals surface area contributed by atoms with Crippen LogP contribution in [0.25, 0.3) is 0 Å². The van der Waals surface area contributed by atoms with Gasteiger partial charge >= 0.3 is 0 Å². The Morgan fingerprint density at radius 2 is 1.61 bits per heavy atom. The summed E-state index contributed by atoms with van der Waals surface area (Å²) in [4.78, 5) is 1.76. The van der Waals surface area contributed by atoms with Gasteiger partial charge in [0.1, 0.15) is 0 Å². The molecular weight excluding hydrogens is 290 g/mol. The number of quaternary nitrogens is 1. The van der Waals surface area contributed by atoms with Crippen molar-refractivity contribution in [2.24, 2.45) is 11.8 Å². The van der Waals surface area contributed by atoms with Gasteiger partial charge in [-0.15, -0.1) is 0 Å². The van der Waals surface area contributed by atoms with E-state index in [0.29, 0.717) is 12.4 Å². The molecule has 0 saturated carbocycles. The van der Waals surface area contributed by atoms with Crippen molar-refractivity contribution in [3.8, 4) is 17.2 Å². The average molecular weight is 322 g/mol. The van der Waals surface area contributed by atoms with E-state index >= 15 is 0 Å². The van der Waals surface area contributed by atoms with Gasteiger partial charge in [0.15, 0.2) is 11.5 Å². The normalized spacial score (nSPS) is 24.3. The second-order valence-corrected chi connectivity index (χ2v) is 6.90. The van der Waals surface area contributed by atoms with Crippen LogP contribution < -0.4 is 19.1 Å². The summed E-state index contributed by atoms with van der Waals surface area (Å²) in [6.07, 6.45) is 3.65. The van der Waals surface area contributed by atoms with Crippen molar-refractivity contribution in [3.05, 3.63) is 18.2 Å². The Labute approximate surface area is 140 Å². The van der Waals surface area contributed by atoms with Gasteiger partial charge in [-0.1, -0.05) is 19.9 Å². The Bertz CT molecular complexity index is 445. The van der Waals surface area contributed by atoms with Crippen LogP contribution in [0.1, 0.15) is 33.1 Å². The second-order valence-electron chi connectivity index (χ2n) is 6.90. The predicted octanol–water partition coefficient (Wildman–Crippen LogP) is 2.42. The van der Waals surface area contributed by atoms with E-state index in [1.807, 2.05) is 18.2 Å². The number of hydrogen-bond acceptors (Lipinski definition) is 3. The zero-order valence-electron chi connectivity index (χ0n) is 15.1. The molecule has 0 unspecified atom stereocenters. The van der Waals surface area contributed by atoms with Crippen molar-refractivity contribution in [3.63, 3.8) is 0 Å². The lowest BCUT2D eigenvalue weighted by molar-refractivity contribution is -0.912. The van der Waals surface area contributed by atoms with E-state index in [2.05, 4.69) is 13.8 Å². The fourth-order valence-electron chi connectivity index (χ4n) is 3.74. The molecule has 2 rings (SSSR count). The summed E-state index contributed by atoms with van der Waals surface area (Å²) in [6.45, 7) is 9.37. The van der Waals surface area contributed by atoms with Gasteiger partial charge in [-0.3, -0.25) is 0 Å². The first-order valence-electron chi connectivity index (χ1n) is 8.81. The molecule has 2 atom stereocenters. The third-order valence-electron chi connectivity index (χ3n) is 4.63. The zero-order valence-corrected chi connectivity index (χ0v) is 15.1. The van der Waals surface area contributed by atoms with Crippen molar-refractivity contribution in [1.29, 1.82) is 0 Å². The summed E-state index contributed by atoms with van der Waals surface area (Å²) in [5, 5.41) is 0. The van der Waals surface area contributed by atoms with Gasteiger partial charge in [0.25, 0.3) is 0 Å². The monoisotopic (exact) mass is 322 g/mol. The van der Waals surface area contributed by atoms with Crippen LogP contribution in [-0.4, -0.2) is 40.5 Å². The lowest BCUT2D eigenvalue weighted by atomic mass is 9.92. The first-order valence-corrected chi connectivity index (χ1v) is 8.81. The number of unbranched alkanes of at least 4 members (excludes halogenated alkanes) is 1. The van der Waals surface area contributed by atoms with Crippen LogP contribution in [0.3, 0.4) is 0 Å². The molecular formula is C19H32NO3+. The molecule has 1 N–H and O–H groups in total. The molecule has 0 radical (unpaired) electrons. The SMILES string of the molecule is COc1cccc(OC)c1OCCCC[NH+]1C[C@H](C)C[C@@H](C)C1. The lowest BCUT2D eigenvalue weighted by Crippen LogP contribution is -3.14. The standard InChI is InChI=1S/C19H31NO3/c1-15-12-16(2)14-20(13-15)10-5-6-11-23-19-17(21-3)8-7-9-18(19)22-4/h7-9,15-16H,5-6,10-14H2,1-4H3/p+1/t15-,16-/m1/s1. The first-order chi connectivity index (χ1) is 11.1. The lowest BCUT2D eigenvalue weighted by Gasteiger charge is -2.32. The molecule has 1 aromatic carbocycles. The van der Waals surface area contributed by atoms with Gasteiger partial charge in [0.05, 0.1) is 40.5 Å². The van der Waals surface area contributed by atoms with Gasteiger partial charge in [-0.25, -0.2) is 0 Å². The molecule has 1 aromatic rings. The van der Waals surface area contributed by atoms with Crippen LogP contribution >= 0.6 is 0 Å². The van der Waals surface area contributed by atoms with Crippen LogP contribution in [-0.2, 0) is 0 Å². The van der Waals surface area contributed by atoms with E-state index in [4.69, 9.17) is 14.2 Å². The summed E-state index contributed by atoms with van der Waals surface area (Å²) in [5.41, 5.74) is 0. The number of para-hydroxylation sites is 1. The minimum atomic E-state index is 0.703. The fourth-order valence-corrected chi connectivity index (χ4v) is 3.74. The third-order valence-corrected chi connectivity index (χ3v) is 4.63. The molecule has 130 valence electrons. The minimum absolute atomic E-state index is 0.703. The number of piperidine rings is 1. The number of methoxy groups -OCH3 is 2. The molecule has 0 bridgehead atoms. The number of nitrogens with one attached hydrogen (secondary N) is 1. The zero-order chi connectivity index (χ0) is 16.7. The van der Waals surface area contributed by atoms with Gasteiger partial charge in [-0.05, 0) is 31.4 Å². The maximum absolute atomic E-state index is 5.92. The molecule has 0 aliphatic carbocycles. The van der Waals surface area contributed by atoms with Crippen LogP contribution in [0.4, 0.5) is 0 Å². The van der Waals surface area contributed by atoms with Crippen molar-refractivity contribution in [2.75, 3.05) is 40.5 Å². The number of likely N-dealkylation sites (tertiary alicyclic amines) is 1. The van der Waals surface area contributed by atoms with Crippen LogP contribution in [0.2, 0.25) is 0 Å². The Morgan fingerprint density at radius 3 is 2.17 bits per heavy atom. The highest BCUT2D eigenvalue weighted by molar-refractivity contribution is 5.51. The summed E-state index contributed by atoms with van der Waals surface area (Å²) in [7, 11) is 3.31. The van der Waals surface area contributed by atoms with Crippen LogP contribution in [0.15, 0.2) is 18.2 Å². The Morgan fingerprint density at radius 1 is 1.00 bits per heavy atom. The number of ether oxygens (including phenoxy) is 3. The molecule has 23 heavy (non-hydrogen) atoms. The van der Waals surface area contributed by atoms with E-state index in [-0.39, 0.29) is 0 Å². The Kier molecular flexibility index (Phi) is 7.03. The van der Waals surface area contributed by atoms with Crippen molar-refractivity contribution in [2.45, 2.75) is 33.1 Å². The molecule has 1 heterocycles. The summed E-state index contributed by atoms with van der Waals surface area (Å²) < 4.78 is 16.6. The molecule has 0 aromatic heterocycles. The maximum atomic E-state index is 5.92. The topological polar surface area (TPSA) is 32.1 Å². The predicted molar refractivity (Wildman–Crippen MR) is 92.8 cm³/mol. The van der Waals surface area contributed by atoms with Crippen LogP contribution in [0.5, 0.6) is 17.2 Å². The molecule has 0 spiro atoms. The van der Waals surface area contributed by atoms with E-state index < -0.39 is 0 Å². The van der Waals surface area contributed by atoms with E-state index in [9.17, 15) is 0 Å². The fraction of sp³-hybridized carbons (Fsp3) is 0.684. The van der Waals surface area contributed by atoms with Gasteiger partial charge in [0.2, 0.25) is 5.75 Å². The highest BCUT2D eigenvalue weighted by Crippen LogP contribution is 2.36. The molecule has 4 nitrogen and oxygen atoms in total. The van der Waals surface area contributed by atoms with Gasteiger partial charge < -0.3 is 19.1 Å². The highest BCUT2D eigenvalue weighted by Gasteiger charge is 2.24. The summed E-state index contributed by atoms with van der Waals surface area (Å²) >= 11 is 0. The Hall–Kier alpha value is -1.42. The quantitative estimate of drug-likeness (QED) is 0.746. The van der Waals surface area contributed by atoms with Crippen molar-refractivity contribution >= 4 is 0 Å². The molecule has 1 aliphatic heterocycles. The first kappa shape index (κ1) is 17.9. The molecule has 1 saturated heterocycles. The van der Waals surface area contributed by atoms with E-state index in [1.165, 1.54) is 32.5 Å². The molecule has 4 heteroatoms. The maximum Gasteiger partial charge on any atom is 0.203 e. The molecule has 1 fully saturated rings. The minimum Gasteiger partial charge on any atom is -0.493 e. The average Bonchev–Trinajstić information content (AvgIpc) is 2.53. The van der Waals surface area contributed by atoms with Gasteiger partial charge in [-0.2, -0.15) is 0 Å². The molecule has 0 amide bonds.